The SMILES string of the molecule is CCOC(=O)C1=Cc2cc(-c3ccc(C(=O)N4CCCC4)cc3)ccc2-n2ccnc2C1.CCOC(=O)C1=Cc2cc(-c3ccc(C(=O)N4CCCC4)cc3)ccc2N2CCN=C2C1. The molecule has 12 nitrogen and oxygen atoms in total. The number of benzene rings is 4. The zero-order valence-electron chi connectivity index (χ0n) is 36.4. The fourth-order valence-electron chi connectivity index (χ4n) is 9.10. The summed E-state index contributed by atoms with van der Waals surface area (Å²) in [6, 6.07) is 28.1. The summed E-state index contributed by atoms with van der Waals surface area (Å²) in [5.41, 5.74) is 10.7. The minimum Gasteiger partial charge on any atom is -0.463 e. The van der Waals surface area contributed by atoms with Crippen LogP contribution in [0.15, 0.2) is 113 Å². The molecule has 0 atom stereocenters. The number of anilines is 1. The lowest BCUT2D eigenvalue weighted by Gasteiger charge is -2.21. The molecular formula is C52H52N6O6. The quantitative estimate of drug-likeness (QED) is 0.143. The maximum atomic E-state index is 12.6. The third kappa shape index (κ3) is 8.77. The van der Waals surface area contributed by atoms with Crippen LogP contribution in [-0.4, -0.2) is 101 Å². The van der Waals surface area contributed by atoms with Crippen molar-refractivity contribution in [3.63, 3.8) is 0 Å². The van der Waals surface area contributed by atoms with Crippen molar-refractivity contribution in [2.45, 2.75) is 52.4 Å². The molecule has 10 rings (SSSR count). The summed E-state index contributed by atoms with van der Waals surface area (Å²) in [6.07, 6.45) is 12.7. The number of ether oxygens (including phenoxy) is 2. The second-order valence-electron chi connectivity index (χ2n) is 16.5. The first-order valence-electron chi connectivity index (χ1n) is 22.4. The van der Waals surface area contributed by atoms with Crippen LogP contribution in [0.3, 0.4) is 0 Å². The molecule has 6 heterocycles. The Morgan fingerprint density at radius 3 is 1.59 bits per heavy atom. The average Bonchev–Trinajstić information content (AvgIpc) is 4.18. The second kappa shape index (κ2) is 18.7. The van der Waals surface area contributed by atoms with Crippen LogP contribution >= 0.6 is 0 Å². The van der Waals surface area contributed by atoms with Gasteiger partial charge in [0.1, 0.15) is 11.7 Å². The van der Waals surface area contributed by atoms with Gasteiger partial charge in [-0.3, -0.25) is 14.6 Å². The van der Waals surface area contributed by atoms with Gasteiger partial charge in [-0.2, -0.15) is 0 Å². The highest BCUT2D eigenvalue weighted by Crippen LogP contribution is 2.35. The van der Waals surface area contributed by atoms with Gasteiger partial charge in [0.15, 0.2) is 0 Å². The van der Waals surface area contributed by atoms with Crippen LogP contribution in [0.4, 0.5) is 5.69 Å². The molecule has 12 heteroatoms. The number of likely N-dealkylation sites (tertiary alicyclic amines) is 2. The third-order valence-corrected chi connectivity index (χ3v) is 12.4. The molecule has 0 radical (unpaired) electrons. The Morgan fingerprint density at radius 1 is 0.578 bits per heavy atom. The van der Waals surface area contributed by atoms with Crippen LogP contribution in [0.25, 0.3) is 40.1 Å². The standard InChI is InChI=1S/C26H27N3O3.C26H25N3O3/c2*1-2-32-26(31)22-16-21-15-20(9-10-23(21)29-14-11-27-24(29)17-22)18-5-7-19(8-6-18)25(30)28-12-3-4-13-28/h5-10,15-16H,2-4,11-14,17H2,1H3;5-11,14-16H,2-4,12-13,17H2,1H3. The summed E-state index contributed by atoms with van der Waals surface area (Å²) in [7, 11) is 0. The highest BCUT2D eigenvalue weighted by molar-refractivity contribution is 6.11. The molecule has 2 saturated heterocycles. The predicted octanol–water partition coefficient (Wildman–Crippen LogP) is 8.44. The minimum atomic E-state index is -0.315. The van der Waals surface area contributed by atoms with Crippen LogP contribution in [-0.2, 0) is 25.5 Å². The number of amides is 2. The van der Waals surface area contributed by atoms with Crippen LogP contribution < -0.4 is 4.90 Å². The molecule has 326 valence electrons. The van der Waals surface area contributed by atoms with Crippen molar-refractivity contribution in [1.29, 1.82) is 0 Å². The first-order valence-corrected chi connectivity index (χ1v) is 22.4. The van der Waals surface area contributed by atoms with Crippen LogP contribution in [0.2, 0.25) is 0 Å². The lowest BCUT2D eigenvalue weighted by atomic mass is 9.99. The molecule has 0 N–H and O–H groups in total. The number of aliphatic imine (C=N–C) groups is 1. The Hall–Kier alpha value is -7.08. The molecule has 64 heavy (non-hydrogen) atoms. The molecule has 5 aliphatic rings. The van der Waals surface area contributed by atoms with E-state index in [0.717, 1.165) is 132 Å². The Labute approximate surface area is 373 Å². The van der Waals surface area contributed by atoms with Gasteiger partial charge in [-0.25, -0.2) is 14.6 Å². The van der Waals surface area contributed by atoms with Gasteiger partial charge in [-0.15, -0.1) is 0 Å². The molecule has 0 bridgehead atoms. The van der Waals surface area contributed by atoms with Gasteiger partial charge in [-0.1, -0.05) is 36.4 Å². The zero-order valence-corrected chi connectivity index (χ0v) is 36.4. The highest BCUT2D eigenvalue weighted by atomic mass is 16.5. The molecule has 4 aromatic carbocycles. The topological polar surface area (TPSA) is 127 Å². The second-order valence-corrected chi connectivity index (χ2v) is 16.5. The van der Waals surface area contributed by atoms with Gasteiger partial charge in [0, 0.05) is 85.9 Å². The third-order valence-electron chi connectivity index (χ3n) is 12.4. The molecule has 2 fully saturated rings. The highest BCUT2D eigenvalue weighted by Gasteiger charge is 2.28. The molecule has 0 saturated carbocycles. The Bertz CT molecular complexity index is 2680. The van der Waals surface area contributed by atoms with Crippen molar-refractivity contribution in [3.8, 4) is 27.9 Å². The van der Waals surface area contributed by atoms with Crippen molar-refractivity contribution in [2.75, 3.05) is 57.4 Å². The van der Waals surface area contributed by atoms with Gasteiger partial charge in [0.2, 0.25) is 0 Å². The largest absolute Gasteiger partial charge is 0.463 e. The molecule has 5 aliphatic heterocycles. The smallest absolute Gasteiger partial charge is 0.334 e. The lowest BCUT2D eigenvalue weighted by Crippen LogP contribution is -2.27. The van der Waals surface area contributed by atoms with E-state index in [1.807, 2.05) is 94.2 Å². The van der Waals surface area contributed by atoms with E-state index in [2.05, 4.69) is 45.2 Å². The Balaban J connectivity index is 0.000000162. The number of amidine groups is 1. The van der Waals surface area contributed by atoms with Crippen molar-refractivity contribution < 1.29 is 28.7 Å². The molecular weight excluding hydrogens is 805 g/mol. The molecule has 0 unspecified atom stereocenters. The van der Waals surface area contributed by atoms with Crippen molar-refractivity contribution in [1.82, 2.24) is 19.4 Å². The summed E-state index contributed by atoms with van der Waals surface area (Å²) < 4.78 is 12.5. The molecule has 0 aliphatic carbocycles. The maximum absolute atomic E-state index is 12.6. The summed E-state index contributed by atoms with van der Waals surface area (Å²) in [5, 5.41) is 0. The van der Waals surface area contributed by atoms with Crippen LogP contribution in [0.1, 0.15) is 83.6 Å². The van der Waals surface area contributed by atoms with E-state index < -0.39 is 0 Å². The molecule has 1 aromatic heterocycles. The Kier molecular flexibility index (Phi) is 12.4. The lowest BCUT2D eigenvalue weighted by molar-refractivity contribution is -0.139. The van der Waals surface area contributed by atoms with E-state index in [0.29, 0.717) is 37.2 Å². The van der Waals surface area contributed by atoms with E-state index in [9.17, 15) is 19.2 Å². The fraction of sp³-hybridized carbons (Fsp3) is 0.308. The van der Waals surface area contributed by atoms with Gasteiger partial charge in [0.25, 0.3) is 11.8 Å². The average molecular weight is 857 g/mol. The van der Waals surface area contributed by atoms with Crippen molar-refractivity contribution >= 4 is 47.4 Å². The number of fused-ring (bicyclic) bond motifs is 6. The number of hydrogen-bond donors (Lipinski definition) is 0. The monoisotopic (exact) mass is 856 g/mol. The van der Waals surface area contributed by atoms with Gasteiger partial charge < -0.3 is 28.7 Å². The molecule has 5 aromatic rings. The van der Waals surface area contributed by atoms with Gasteiger partial charge in [-0.05, 0) is 134 Å². The normalized spacial score (nSPS) is 16.1. The number of carbonyl (C=O) groups is 4. The van der Waals surface area contributed by atoms with Crippen molar-refractivity contribution in [3.05, 3.63) is 137 Å². The summed E-state index contributed by atoms with van der Waals surface area (Å²) in [4.78, 5) is 65.4. The Morgan fingerprint density at radius 2 is 1.06 bits per heavy atom. The predicted molar refractivity (Wildman–Crippen MR) is 248 cm³/mol. The van der Waals surface area contributed by atoms with Crippen molar-refractivity contribution in [2.24, 2.45) is 4.99 Å². The maximum Gasteiger partial charge on any atom is 0.334 e. The van der Waals surface area contributed by atoms with E-state index in [1.165, 1.54) is 0 Å². The van der Waals surface area contributed by atoms with E-state index in [1.54, 1.807) is 13.1 Å². The number of aromatic nitrogens is 2. The first kappa shape index (κ1) is 42.2. The number of imidazole rings is 1. The number of nitrogens with zero attached hydrogens (tertiary/aromatic N) is 6. The number of esters is 2. The summed E-state index contributed by atoms with van der Waals surface area (Å²) >= 11 is 0. The number of carbonyl (C=O) groups excluding carboxylic acids is 4. The zero-order chi connectivity index (χ0) is 44.2. The number of rotatable bonds is 8. The minimum absolute atomic E-state index is 0.102. The van der Waals surface area contributed by atoms with Gasteiger partial charge in [0.05, 0.1) is 25.4 Å². The van der Waals surface area contributed by atoms with E-state index in [-0.39, 0.29) is 23.8 Å². The van der Waals surface area contributed by atoms with Crippen LogP contribution in [0, 0.1) is 0 Å². The first-order chi connectivity index (χ1) is 31.3. The molecule has 2 amide bonds. The number of hydrogen-bond acceptors (Lipinski definition) is 9. The fourth-order valence-corrected chi connectivity index (χ4v) is 9.10. The summed E-state index contributed by atoms with van der Waals surface area (Å²) in [5.74, 6) is 1.33. The van der Waals surface area contributed by atoms with E-state index in [4.69, 9.17) is 9.47 Å². The van der Waals surface area contributed by atoms with Crippen LogP contribution in [0.5, 0.6) is 0 Å². The molecule has 0 spiro atoms. The van der Waals surface area contributed by atoms with Gasteiger partial charge >= 0.3 is 11.9 Å². The summed E-state index contributed by atoms with van der Waals surface area (Å²) in [6.45, 7) is 9.25. The van der Waals surface area contributed by atoms with E-state index >= 15 is 0 Å².